The Kier molecular flexibility index (Phi) is 7.52. The molecule has 0 aromatic carbocycles. The molecule has 8 heteroatoms. The van der Waals surface area contributed by atoms with Gasteiger partial charge in [-0.15, -0.1) is 0 Å². The summed E-state index contributed by atoms with van der Waals surface area (Å²) in [5.41, 5.74) is 4.86. The molecule has 1 aliphatic heterocycles. The van der Waals surface area contributed by atoms with E-state index in [-0.39, 0.29) is 24.5 Å². The van der Waals surface area contributed by atoms with Crippen molar-refractivity contribution >= 4 is 18.0 Å². The van der Waals surface area contributed by atoms with E-state index in [1.807, 2.05) is 5.32 Å². The van der Waals surface area contributed by atoms with Crippen LogP contribution in [-0.2, 0) is 9.53 Å². The first kappa shape index (κ1) is 17.2. The molecule has 1 heterocycles. The number of carbonyl (C=O) groups is 3. The van der Waals surface area contributed by atoms with Gasteiger partial charge in [-0.05, 0) is 39.3 Å². The maximum atomic E-state index is 11.4. The number of imide groups is 1. The number of nitrogens with zero attached hydrogens (tertiary/aromatic N) is 1. The van der Waals surface area contributed by atoms with Crippen molar-refractivity contribution in [2.24, 2.45) is 5.73 Å². The van der Waals surface area contributed by atoms with E-state index in [4.69, 9.17) is 10.5 Å². The number of piperidine rings is 1. The van der Waals surface area contributed by atoms with Gasteiger partial charge in [0.2, 0.25) is 5.91 Å². The van der Waals surface area contributed by atoms with Crippen LogP contribution in [0.4, 0.5) is 9.59 Å². The van der Waals surface area contributed by atoms with E-state index >= 15 is 0 Å². The molecule has 8 nitrogen and oxygen atoms in total. The standard InChI is InChI=1S/C13H24N4O4/c1-2-21-13(20)15-10-5-3-7-17(9-10)8-4-6-11(18)16-12(14)19/h10H,2-9H2,1H3,(H,15,20)(H3,14,16,18,19). The second-order valence-corrected chi connectivity index (χ2v) is 5.02. The van der Waals surface area contributed by atoms with Gasteiger partial charge in [-0.2, -0.15) is 0 Å². The lowest BCUT2D eigenvalue weighted by atomic mass is 10.1. The topological polar surface area (TPSA) is 114 Å². The van der Waals surface area contributed by atoms with Crippen molar-refractivity contribution in [1.82, 2.24) is 15.5 Å². The molecule has 21 heavy (non-hydrogen) atoms. The zero-order valence-corrected chi connectivity index (χ0v) is 12.4. The molecule has 1 fully saturated rings. The zero-order valence-electron chi connectivity index (χ0n) is 12.4. The minimum Gasteiger partial charge on any atom is -0.450 e. The predicted molar refractivity (Wildman–Crippen MR) is 76.6 cm³/mol. The van der Waals surface area contributed by atoms with Gasteiger partial charge >= 0.3 is 12.1 Å². The number of ether oxygens (including phenoxy) is 1. The van der Waals surface area contributed by atoms with Crippen LogP contribution in [-0.4, -0.2) is 55.2 Å². The van der Waals surface area contributed by atoms with Gasteiger partial charge in [-0.3, -0.25) is 10.1 Å². The highest BCUT2D eigenvalue weighted by atomic mass is 16.5. The van der Waals surface area contributed by atoms with Crippen LogP contribution in [0.3, 0.4) is 0 Å². The van der Waals surface area contributed by atoms with Gasteiger partial charge in [0.05, 0.1) is 6.61 Å². The zero-order chi connectivity index (χ0) is 15.7. The number of nitrogens with one attached hydrogen (secondary N) is 2. The third-order valence-electron chi connectivity index (χ3n) is 3.24. The normalized spacial score (nSPS) is 18.8. The summed E-state index contributed by atoms with van der Waals surface area (Å²) >= 11 is 0. The largest absolute Gasteiger partial charge is 0.450 e. The Bertz CT molecular complexity index is 375. The highest BCUT2D eigenvalue weighted by Crippen LogP contribution is 2.11. The Morgan fingerprint density at radius 2 is 2.14 bits per heavy atom. The average molecular weight is 300 g/mol. The molecule has 0 radical (unpaired) electrons. The van der Waals surface area contributed by atoms with Gasteiger partial charge in [-0.1, -0.05) is 0 Å². The van der Waals surface area contributed by atoms with Crippen molar-refractivity contribution in [2.75, 3.05) is 26.2 Å². The van der Waals surface area contributed by atoms with E-state index in [0.29, 0.717) is 13.0 Å². The van der Waals surface area contributed by atoms with Crippen molar-refractivity contribution in [3.8, 4) is 0 Å². The number of urea groups is 1. The van der Waals surface area contributed by atoms with Gasteiger partial charge in [0.15, 0.2) is 0 Å². The Labute approximate surface area is 124 Å². The van der Waals surface area contributed by atoms with E-state index in [2.05, 4.69) is 10.2 Å². The Morgan fingerprint density at radius 3 is 2.81 bits per heavy atom. The lowest BCUT2D eigenvalue weighted by Crippen LogP contribution is -2.48. The highest BCUT2D eigenvalue weighted by Gasteiger charge is 2.21. The summed E-state index contributed by atoms with van der Waals surface area (Å²) in [5.74, 6) is -0.360. The number of primary amides is 1. The fourth-order valence-electron chi connectivity index (χ4n) is 2.38. The van der Waals surface area contributed by atoms with Crippen molar-refractivity contribution < 1.29 is 19.1 Å². The minimum absolute atomic E-state index is 0.0808. The fraction of sp³-hybridized carbons (Fsp3) is 0.769. The van der Waals surface area contributed by atoms with E-state index in [1.54, 1.807) is 6.92 Å². The van der Waals surface area contributed by atoms with Crippen molar-refractivity contribution in [3.05, 3.63) is 0 Å². The van der Waals surface area contributed by atoms with Crippen LogP contribution in [0.1, 0.15) is 32.6 Å². The number of likely N-dealkylation sites (tertiary alicyclic amines) is 1. The van der Waals surface area contributed by atoms with Gasteiger partial charge in [0, 0.05) is 19.0 Å². The number of amides is 4. The summed E-state index contributed by atoms with van der Waals surface area (Å²) in [4.78, 5) is 35.3. The van der Waals surface area contributed by atoms with E-state index in [0.717, 1.165) is 32.5 Å². The van der Waals surface area contributed by atoms with Gasteiger partial charge in [-0.25, -0.2) is 9.59 Å². The third-order valence-corrected chi connectivity index (χ3v) is 3.24. The number of hydrogen-bond donors (Lipinski definition) is 3. The summed E-state index contributed by atoms with van der Waals surface area (Å²) in [7, 11) is 0. The molecule has 0 aromatic heterocycles. The predicted octanol–water partition coefficient (Wildman–Crippen LogP) is 0.172. The Hall–Kier alpha value is -1.83. The van der Waals surface area contributed by atoms with Crippen LogP contribution in [0.2, 0.25) is 0 Å². The van der Waals surface area contributed by atoms with E-state index in [1.165, 1.54) is 0 Å². The molecular weight excluding hydrogens is 276 g/mol. The average Bonchev–Trinajstić information content (AvgIpc) is 2.38. The first-order valence-corrected chi connectivity index (χ1v) is 7.26. The fourth-order valence-corrected chi connectivity index (χ4v) is 2.38. The maximum absolute atomic E-state index is 11.4. The maximum Gasteiger partial charge on any atom is 0.407 e. The molecule has 0 saturated carbocycles. The van der Waals surface area contributed by atoms with Crippen LogP contribution in [0.15, 0.2) is 0 Å². The second kappa shape index (κ2) is 9.17. The quantitative estimate of drug-likeness (QED) is 0.647. The molecule has 0 spiro atoms. The number of hydrogen-bond acceptors (Lipinski definition) is 5. The molecule has 4 amide bonds. The lowest BCUT2D eigenvalue weighted by Gasteiger charge is -2.32. The van der Waals surface area contributed by atoms with E-state index in [9.17, 15) is 14.4 Å². The van der Waals surface area contributed by atoms with Crippen LogP contribution in [0, 0.1) is 0 Å². The first-order chi connectivity index (χ1) is 10.0. The summed E-state index contributed by atoms with van der Waals surface area (Å²) in [6, 6.07) is -0.742. The Balaban J connectivity index is 2.22. The second-order valence-electron chi connectivity index (χ2n) is 5.02. The number of carbonyl (C=O) groups excluding carboxylic acids is 3. The molecule has 1 rings (SSSR count). The van der Waals surface area contributed by atoms with Crippen molar-refractivity contribution in [2.45, 2.75) is 38.6 Å². The molecule has 1 saturated heterocycles. The van der Waals surface area contributed by atoms with Crippen LogP contribution >= 0.6 is 0 Å². The highest BCUT2D eigenvalue weighted by molar-refractivity contribution is 5.93. The number of alkyl carbamates (subject to hydrolysis) is 1. The van der Waals surface area contributed by atoms with Gasteiger partial charge in [0.25, 0.3) is 0 Å². The summed E-state index contributed by atoms with van der Waals surface area (Å²) in [5, 5.41) is 4.87. The molecule has 1 atom stereocenters. The molecule has 1 aliphatic rings. The Morgan fingerprint density at radius 1 is 1.38 bits per heavy atom. The lowest BCUT2D eigenvalue weighted by molar-refractivity contribution is -0.120. The molecule has 4 N–H and O–H groups in total. The van der Waals surface area contributed by atoms with Gasteiger partial charge < -0.3 is 20.7 Å². The SMILES string of the molecule is CCOC(=O)NC1CCCN(CCCC(=O)NC(N)=O)C1. The first-order valence-electron chi connectivity index (χ1n) is 7.26. The molecule has 120 valence electrons. The smallest absolute Gasteiger partial charge is 0.407 e. The van der Waals surface area contributed by atoms with Gasteiger partial charge in [0.1, 0.15) is 0 Å². The molecule has 1 unspecified atom stereocenters. The van der Waals surface area contributed by atoms with Crippen LogP contribution < -0.4 is 16.4 Å². The summed E-state index contributed by atoms with van der Waals surface area (Å²) < 4.78 is 4.86. The molecule has 0 aromatic rings. The number of nitrogens with two attached hydrogens (primary N) is 1. The van der Waals surface area contributed by atoms with Crippen molar-refractivity contribution in [1.29, 1.82) is 0 Å². The van der Waals surface area contributed by atoms with E-state index < -0.39 is 6.03 Å². The number of rotatable bonds is 6. The monoisotopic (exact) mass is 300 g/mol. The van der Waals surface area contributed by atoms with Crippen molar-refractivity contribution in [3.63, 3.8) is 0 Å². The summed E-state index contributed by atoms with van der Waals surface area (Å²) in [6.07, 6.45) is 2.44. The summed E-state index contributed by atoms with van der Waals surface area (Å²) in [6.45, 7) is 4.56. The molecular formula is C13H24N4O4. The molecule has 0 aliphatic carbocycles. The molecule has 0 bridgehead atoms. The van der Waals surface area contributed by atoms with Crippen LogP contribution in [0.5, 0.6) is 0 Å². The van der Waals surface area contributed by atoms with Crippen LogP contribution in [0.25, 0.3) is 0 Å². The third kappa shape index (κ3) is 7.50. The minimum atomic E-state index is -0.823.